The number of piperidine rings is 2. The first kappa shape index (κ1) is 24.8. The van der Waals surface area contributed by atoms with Gasteiger partial charge in [-0.3, -0.25) is 0 Å². The molecule has 2 aliphatic heterocycles. The molecule has 1 aromatic rings. The van der Waals surface area contributed by atoms with Crippen LogP contribution in [0.2, 0.25) is 0 Å². The van der Waals surface area contributed by atoms with Crippen molar-refractivity contribution in [2.45, 2.75) is 58.0 Å². The normalized spacial score (nSPS) is 19.7. The van der Waals surface area contributed by atoms with E-state index in [-0.39, 0.29) is 29.5 Å². The number of sulfonamides is 1. The highest BCUT2D eigenvalue weighted by Crippen LogP contribution is 2.32. The fourth-order valence-corrected chi connectivity index (χ4v) is 5.10. The maximum Gasteiger partial charge on any atom is 0.410 e. The van der Waals surface area contributed by atoms with Gasteiger partial charge in [-0.15, -0.1) is 0 Å². The van der Waals surface area contributed by atoms with Crippen molar-refractivity contribution in [1.82, 2.24) is 9.21 Å². The molecule has 180 valence electrons. The highest BCUT2D eigenvalue weighted by Gasteiger charge is 2.28. The summed E-state index contributed by atoms with van der Waals surface area (Å²) in [4.78, 5) is 13.9. The summed E-state index contributed by atoms with van der Waals surface area (Å²) < 4.78 is 50.6. The summed E-state index contributed by atoms with van der Waals surface area (Å²) >= 11 is 0. The van der Waals surface area contributed by atoms with Gasteiger partial charge >= 0.3 is 6.09 Å². The Hall–Kier alpha value is -1.87. The maximum absolute atomic E-state index is 14.6. The van der Waals surface area contributed by atoms with Gasteiger partial charge in [-0.1, -0.05) is 6.07 Å². The van der Waals surface area contributed by atoms with Crippen molar-refractivity contribution in [2.75, 3.05) is 39.0 Å². The molecule has 2 saturated heterocycles. The molecule has 0 N–H and O–H groups in total. The fourth-order valence-electron chi connectivity index (χ4n) is 4.23. The van der Waals surface area contributed by atoms with E-state index in [2.05, 4.69) is 0 Å². The number of carbonyl (C=O) groups excluding carboxylic acids is 1. The Morgan fingerprint density at radius 3 is 2.25 bits per heavy atom. The molecule has 0 unspecified atom stereocenters. The fraction of sp³-hybridized carbons (Fsp3) is 0.696. The summed E-state index contributed by atoms with van der Waals surface area (Å²) in [5, 5.41) is 0. The molecule has 0 aliphatic carbocycles. The number of benzene rings is 1. The topological polar surface area (TPSA) is 76.2 Å². The molecule has 0 radical (unpaired) electrons. The molecule has 2 fully saturated rings. The molecule has 1 amide bonds. The zero-order chi connectivity index (χ0) is 23.5. The van der Waals surface area contributed by atoms with Gasteiger partial charge in [0.2, 0.25) is 10.0 Å². The summed E-state index contributed by atoms with van der Waals surface area (Å²) in [5.74, 6) is 0.248. The van der Waals surface area contributed by atoms with Crippen molar-refractivity contribution < 1.29 is 27.1 Å². The van der Waals surface area contributed by atoms with E-state index in [4.69, 9.17) is 9.47 Å². The van der Waals surface area contributed by atoms with Crippen LogP contribution in [0.25, 0.3) is 0 Å². The highest BCUT2D eigenvalue weighted by atomic mass is 32.2. The van der Waals surface area contributed by atoms with Crippen LogP contribution in [0, 0.1) is 11.7 Å². The Morgan fingerprint density at radius 2 is 1.72 bits per heavy atom. The quantitative estimate of drug-likeness (QED) is 0.650. The molecular weight excluding hydrogens is 435 g/mol. The van der Waals surface area contributed by atoms with Crippen LogP contribution in [0.3, 0.4) is 0 Å². The average molecular weight is 471 g/mol. The van der Waals surface area contributed by atoms with Crippen LogP contribution in [-0.4, -0.2) is 68.4 Å². The van der Waals surface area contributed by atoms with E-state index < -0.39 is 15.6 Å². The van der Waals surface area contributed by atoms with Crippen molar-refractivity contribution in [2.24, 2.45) is 5.92 Å². The van der Waals surface area contributed by atoms with Gasteiger partial charge in [-0.05, 0) is 76.0 Å². The third kappa shape index (κ3) is 6.81. The van der Waals surface area contributed by atoms with E-state index >= 15 is 0 Å². The number of hydrogen-bond acceptors (Lipinski definition) is 5. The number of rotatable bonds is 5. The van der Waals surface area contributed by atoms with Crippen LogP contribution in [0.15, 0.2) is 18.2 Å². The molecule has 32 heavy (non-hydrogen) atoms. The van der Waals surface area contributed by atoms with Gasteiger partial charge in [-0.2, -0.15) is 0 Å². The predicted molar refractivity (Wildman–Crippen MR) is 121 cm³/mol. The highest BCUT2D eigenvalue weighted by molar-refractivity contribution is 7.88. The van der Waals surface area contributed by atoms with E-state index in [0.717, 1.165) is 18.4 Å². The summed E-state index contributed by atoms with van der Waals surface area (Å²) in [7, 11) is -3.17. The standard InChI is InChI=1S/C23H35FN2O5S/c1-23(2,3)31-22(27)25-11-7-17(8-12-25)16-30-21-6-5-19(15-20(21)24)18-9-13-26(14-10-18)32(4,28)29/h5-6,15,17-18H,7-14,16H2,1-4H3. The first-order chi connectivity index (χ1) is 14.9. The van der Waals surface area contributed by atoms with Crippen LogP contribution in [-0.2, 0) is 14.8 Å². The van der Waals surface area contributed by atoms with E-state index in [1.54, 1.807) is 11.0 Å². The second-order valence-electron chi connectivity index (χ2n) is 9.85. The van der Waals surface area contributed by atoms with Gasteiger partial charge in [0.1, 0.15) is 5.60 Å². The minimum Gasteiger partial charge on any atom is -0.490 e. The lowest BCUT2D eigenvalue weighted by Crippen LogP contribution is -2.42. The Balaban J connectivity index is 1.46. The van der Waals surface area contributed by atoms with Crippen LogP contribution in [0.5, 0.6) is 5.75 Å². The summed E-state index contributed by atoms with van der Waals surface area (Å²) in [5.41, 5.74) is 0.375. The second kappa shape index (κ2) is 9.95. The smallest absolute Gasteiger partial charge is 0.410 e. The first-order valence-corrected chi connectivity index (χ1v) is 13.1. The van der Waals surface area contributed by atoms with E-state index in [1.165, 1.54) is 16.6 Å². The van der Waals surface area contributed by atoms with E-state index in [0.29, 0.717) is 45.6 Å². The molecule has 0 spiro atoms. The van der Waals surface area contributed by atoms with Gasteiger partial charge in [0.05, 0.1) is 12.9 Å². The molecule has 0 aromatic heterocycles. The Kier molecular flexibility index (Phi) is 7.70. The van der Waals surface area contributed by atoms with Crippen LogP contribution in [0.1, 0.15) is 57.9 Å². The minimum atomic E-state index is -3.17. The number of amides is 1. The van der Waals surface area contributed by atoms with Gasteiger partial charge in [-0.25, -0.2) is 21.9 Å². The lowest BCUT2D eigenvalue weighted by Gasteiger charge is -2.33. The molecule has 2 aliphatic rings. The Morgan fingerprint density at radius 1 is 1.09 bits per heavy atom. The van der Waals surface area contributed by atoms with Crippen molar-refractivity contribution in [3.05, 3.63) is 29.6 Å². The molecule has 0 atom stereocenters. The number of ether oxygens (including phenoxy) is 2. The monoisotopic (exact) mass is 470 g/mol. The number of nitrogens with zero attached hydrogens (tertiary/aromatic N) is 2. The molecule has 2 heterocycles. The van der Waals surface area contributed by atoms with Gasteiger partial charge in [0, 0.05) is 26.2 Å². The van der Waals surface area contributed by atoms with Crippen molar-refractivity contribution >= 4 is 16.1 Å². The number of carbonyl (C=O) groups is 1. The van der Waals surface area contributed by atoms with Crippen LogP contribution >= 0.6 is 0 Å². The lowest BCUT2D eigenvalue weighted by atomic mass is 9.90. The molecule has 0 saturated carbocycles. The SMILES string of the molecule is CC(C)(C)OC(=O)N1CCC(COc2ccc(C3CCN(S(C)(=O)=O)CC3)cc2F)CC1. The lowest BCUT2D eigenvalue weighted by molar-refractivity contribution is 0.0164. The average Bonchev–Trinajstić information content (AvgIpc) is 2.71. The second-order valence-corrected chi connectivity index (χ2v) is 11.8. The number of likely N-dealkylation sites (tertiary alicyclic amines) is 1. The van der Waals surface area contributed by atoms with Gasteiger partial charge in [0.25, 0.3) is 0 Å². The van der Waals surface area contributed by atoms with Gasteiger partial charge < -0.3 is 14.4 Å². The molecule has 0 bridgehead atoms. The molecule has 3 rings (SSSR count). The van der Waals surface area contributed by atoms with E-state index in [9.17, 15) is 17.6 Å². The number of hydrogen-bond donors (Lipinski definition) is 0. The van der Waals surface area contributed by atoms with Crippen molar-refractivity contribution in [3.8, 4) is 5.75 Å². The largest absolute Gasteiger partial charge is 0.490 e. The Bertz CT molecular complexity index is 899. The van der Waals surface area contributed by atoms with Crippen LogP contribution < -0.4 is 4.74 Å². The predicted octanol–water partition coefficient (Wildman–Crippen LogP) is 3.99. The zero-order valence-electron chi connectivity index (χ0n) is 19.5. The number of halogens is 1. The van der Waals surface area contributed by atoms with E-state index in [1.807, 2.05) is 26.8 Å². The summed E-state index contributed by atoms with van der Waals surface area (Å²) in [6.45, 7) is 8.10. The van der Waals surface area contributed by atoms with Gasteiger partial charge in [0.15, 0.2) is 11.6 Å². The minimum absolute atomic E-state index is 0.147. The molecular formula is C23H35FN2O5S. The Labute approximate surface area is 190 Å². The first-order valence-electron chi connectivity index (χ1n) is 11.3. The summed E-state index contributed by atoms with van der Waals surface area (Å²) in [6.07, 6.45) is 3.88. The van der Waals surface area contributed by atoms with Crippen molar-refractivity contribution in [3.63, 3.8) is 0 Å². The maximum atomic E-state index is 14.6. The molecule has 7 nitrogen and oxygen atoms in total. The third-order valence-corrected chi connectivity index (χ3v) is 7.39. The van der Waals surface area contributed by atoms with Crippen molar-refractivity contribution in [1.29, 1.82) is 0 Å². The molecule has 1 aromatic carbocycles. The molecule has 9 heteroatoms. The summed E-state index contributed by atoms with van der Waals surface area (Å²) in [6, 6.07) is 5.06. The van der Waals surface area contributed by atoms with Crippen LogP contribution in [0.4, 0.5) is 9.18 Å². The zero-order valence-corrected chi connectivity index (χ0v) is 20.3. The third-order valence-electron chi connectivity index (χ3n) is 6.09.